The second-order valence-corrected chi connectivity index (χ2v) is 3.09. The van der Waals surface area contributed by atoms with Gasteiger partial charge in [-0.05, 0) is 25.0 Å². The van der Waals surface area contributed by atoms with Crippen molar-refractivity contribution in [2.75, 3.05) is 0 Å². The number of nitrogens with zero attached hydrogens (tertiary/aromatic N) is 1. The maximum Gasteiger partial charge on any atom is 0.269 e. The van der Waals surface area contributed by atoms with Crippen LogP contribution in [-0.4, -0.2) is 4.92 Å². The lowest BCUT2D eigenvalue weighted by atomic mass is 10.0. The molecule has 0 unspecified atom stereocenters. The molecule has 0 aliphatic heterocycles. The van der Waals surface area contributed by atoms with Crippen molar-refractivity contribution < 1.29 is 4.92 Å². The molecule has 0 aliphatic carbocycles. The Labute approximate surface area is 76.5 Å². The minimum atomic E-state index is -0.411. The van der Waals surface area contributed by atoms with Crippen molar-refractivity contribution in [2.45, 2.75) is 19.9 Å². The van der Waals surface area contributed by atoms with Crippen LogP contribution in [-0.2, 0) is 0 Å². The number of non-ortho nitro benzene ring substituents is 1. The summed E-state index contributed by atoms with van der Waals surface area (Å²) in [5.41, 5.74) is 7.57. The first-order valence-electron chi connectivity index (χ1n) is 4.03. The Kier molecular flexibility index (Phi) is 2.63. The fourth-order valence-corrected chi connectivity index (χ4v) is 1.23. The monoisotopic (exact) mass is 180 g/mol. The largest absolute Gasteiger partial charge is 0.324 e. The van der Waals surface area contributed by atoms with Gasteiger partial charge < -0.3 is 5.73 Å². The molecule has 1 atom stereocenters. The highest BCUT2D eigenvalue weighted by atomic mass is 16.6. The lowest BCUT2D eigenvalue weighted by Gasteiger charge is -2.08. The zero-order chi connectivity index (χ0) is 10.0. The third kappa shape index (κ3) is 2.03. The molecule has 13 heavy (non-hydrogen) atoms. The van der Waals surface area contributed by atoms with E-state index in [1.807, 2.05) is 13.8 Å². The van der Waals surface area contributed by atoms with Crippen LogP contribution in [0.25, 0.3) is 0 Å². The van der Waals surface area contributed by atoms with E-state index in [4.69, 9.17) is 5.73 Å². The van der Waals surface area contributed by atoms with Gasteiger partial charge in [-0.15, -0.1) is 0 Å². The van der Waals surface area contributed by atoms with Crippen LogP contribution in [0, 0.1) is 17.0 Å². The van der Waals surface area contributed by atoms with Gasteiger partial charge in [-0.3, -0.25) is 10.1 Å². The molecule has 1 aromatic rings. The predicted molar refractivity (Wildman–Crippen MR) is 50.4 cm³/mol. The quantitative estimate of drug-likeness (QED) is 0.558. The first-order valence-corrected chi connectivity index (χ1v) is 4.03. The van der Waals surface area contributed by atoms with Gasteiger partial charge in [-0.2, -0.15) is 0 Å². The van der Waals surface area contributed by atoms with Crippen LogP contribution in [0.1, 0.15) is 24.1 Å². The predicted octanol–water partition coefficient (Wildman–Crippen LogP) is 1.92. The van der Waals surface area contributed by atoms with Crippen molar-refractivity contribution in [1.82, 2.24) is 0 Å². The molecular formula is C9H12N2O2. The maximum atomic E-state index is 10.5. The molecule has 1 aromatic carbocycles. The van der Waals surface area contributed by atoms with E-state index >= 15 is 0 Å². The first kappa shape index (κ1) is 9.67. The molecule has 0 amide bonds. The second-order valence-electron chi connectivity index (χ2n) is 3.09. The number of nitro groups is 1. The highest BCUT2D eigenvalue weighted by Gasteiger charge is 2.10. The van der Waals surface area contributed by atoms with Crippen molar-refractivity contribution in [3.8, 4) is 0 Å². The number of benzene rings is 1. The molecule has 0 bridgehead atoms. The molecule has 0 spiro atoms. The van der Waals surface area contributed by atoms with Gasteiger partial charge in [0.2, 0.25) is 0 Å². The Hall–Kier alpha value is -1.42. The van der Waals surface area contributed by atoms with Crippen molar-refractivity contribution in [3.05, 3.63) is 39.4 Å². The molecule has 0 saturated heterocycles. The molecule has 70 valence electrons. The maximum absolute atomic E-state index is 10.5. The van der Waals surface area contributed by atoms with Crippen LogP contribution in [0.2, 0.25) is 0 Å². The smallest absolute Gasteiger partial charge is 0.269 e. The van der Waals surface area contributed by atoms with E-state index in [1.165, 1.54) is 12.1 Å². The minimum Gasteiger partial charge on any atom is -0.324 e. The third-order valence-electron chi connectivity index (χ3n) is 1.96. The third-order valence-corrected chi connectivity index (χ3v) is 1.96. The van der Waals surface area contributed by atoms with Crippen molar-refractivity contribution in [2.24, 2.45) is 5.73 Å². The molecule has 0 aliphatic rings. The summed E-state index contributed by atoms with van der Waals surface area (Å²) in [5, 5.41) is 10.5. The SMILES string of the molecule is Cc1ccc([N+](=O)[O-])cc1[C@H](C)N. The van der Waals surface area contributed by atoms with Crippen LogP contribution in [0.4, 0.5) is 5.69 Å². The molecule has 4 heteroatoms. The number of nitro benzene ring substituents is 1. The van der Waals surface area contributed by atoms with E-state index in [9.17, 15) is 10.1 Å². The van der Waals surface area contributed by atoms with Gasteiger partial charge in [-0.25, -0.2) is 0 Å². The fraction of sp³-hybridized carbons (Fsp3) is 0.333. The lowest BCUT2D eigenvalue weighted by molar-refractivity contribution is -0.384. The van der Waals surface area contributed by atoms with E-state index in [1.54, 1.807) is 6.07 Å². The van der Waals surface area contributed by atoms with Gasteiger partial charge in [0, 0.05) is 18.2 Å². The van der Waals surface area contributed by atoms with Crippen LogP contribution >= 0.6 is 0 Å². The summed E-state index contributed by atoms with van der Waals surface area (Å²) in [6.45, 7) is 3.70. The Balaban J connectivity index is 3.19. The summed E-state index contributed by atoms with van der Waals surface area (Å²) in [6.07, 6.45) is 0. The average Bonchev–Trinajstić information content (AvgIpc) is 2.04. The molecule has 0 fully saturated rings. The van der Waals surface area contributed by atoms with Gasteiger partial charge in [0.1, 0.15) is 0 Å². The molecule has 2 N–H and O–H groups in total. The molecule has 0 heterocycles. The summed E-state index contributed by atoms with van der Waals surface area (Å²) >= 11 is 0. The Morgan fingerprint density at radius 1 is 1.54 bits per heavy atom. The van der Waals surface area contributed by atoms with Crippen LogP contribution in [0.5, 0.6) is 0 Å². The summed E-state index contributed by atoms with van der Waals surface area (Å²) < 4.78 is 0. The van der Waals surface area contributed by atoms with Crippen molar-refractivity contribution >= 4 is 5.69 Å². The summed E-state index contributed by atoms with van der Waals surface area (Å²) in [5.74, 6) is 0. The van der Waals surface area contributed by atoms with Crippen LogP contribution in [0.15, 0.2) is 18.2 Å². The van der Waals surface area contributed by atoms with E-state index in [0.29, 0.717) is 0 Å². The topological polar surface area (TPSA) is 69.2 Å². The first-order chi connectivity index (χ1) is 6.02. The Bertz CT molecular complexity index is 334. The van der Waals surface area contributed by atoms with E-state index in [0.717, 1.165) is 11.1 Å². The Morgan fingerprint density at radius 3 is 2.62 bits per heavy atom. The van der Waals surface area contributed by atoms with Crippen LogP contribution in [0.3, 0.4) is 0 Å². The highest BCUT2D eigenvalue weighted by molar-refractivity contribution is 5.40. The van der Waals surface area contributed by atoms with Gasteiger partial charge >= 0.3 is 0 Å². The number of rotatable bonds is 2. The standard InChI is InChI=1S/C9H12N2O2/c1-6-3-4-8(11(12)13)5-9(6)7(2)10/h3-5,7H,10H2,1-2H3/t7-/m0/s1. The highest BCUT2D eigenvalue weighted by Crippen LogP contribution is 2.21. The summed E-state index contributed by atoms with van der Waals surface area (Å²) in [6, 6.07) is 4.57. The van der Waals surface area contributed by atoms with Gasteiger partial charge in [0.05, 0.1) is 4.92 Å². The van der Waals surface area contributed by atoms with E-state index < -0.39 is 4.92 Å². The number of hydrogen-bond acceptors (Lipinski definition) is 3. The van der Waals surface area contributed by atoms with Crippen LogP contribution < -0.4 is 5.73 Å². The second kappa shape index (κ2) is 3.53. The molecule has 1 rings (SSSR count). The molecule has 0 aromatic heterocycles. The van der Waals surface area contributed by atoms with Gasteiger partial charge in [-0.1, -0.05) is 6.07 Å². The Morgan fingerprint density at radius 2 is 2.15 bits per heavy atom. The zero-order valence-corrected chi connectivity index (χ0v) is 7.65. The van der Waals surface area contributed by atoms with E-state index in [-0.39, 0.29) is 11.7 Å². The van der Waals surface area contributed by atoms with Crippen molar-refractivity contribution in [1.29, 1.82) is 0 Å². The summed E-state index contributed by atoms with van der Waals surface area (Å²) in [4.78, 5) is 10.0. The lowest BCUT2D eigenvalue weighted by Crippen LogP contribution is -2.07. The normalized spacial score (nSPS) is 12.5. The number of hydrogen-bond donors (Lipinski definition) is 1. The van der Waals surface area contributed by atoms with E-state index in [2.05, 4.69) is 0 Å². The van der Waals surface area contributed by atoms with Gasteiger partial charge in [0.15, 0.2) is 0 Å². The number of aryl methyl sites for hydroxylation is 1. The average molecular weight is 180 g/mol. The zero-order valence-electron chi connectivity index (χ0n) is 7.65. The fourth-order valence-electron chi connectivity index (χ4n) is 1.23. The van der Waals surface area contributed by atoms with Crippen molar-refractivity contribution in [3.63, 3.8) is 0 Å². The molecule has 0 saturated carbocycles. The van der Waals surface area contributed by atoms with Gasteiger partial charge in [0.25, 0.3) is 5.69 Å². The molecule has 0 radical (unpaired) electrons. The molecular weight excluding hydrogens is 168 g/mol. The minimum absolute atomic E-state index is 0.0953. The summed E-state index contributed by atoms with van der Waals surface area (Å²) in [7, 11) is 0. The number of nitrogens with two attached hydrogens (primary N) is 1. The molecule has 4 nitrogen and oxygen atoms in total.